The van der Waals surface area contributed by atoms with Crippen molar-refractivity contribution in [3.05, 3.63) is 106 Å². The molecule has 1 aliphatic rings. The Labute approximate surface area is 204 Å². The van der Waals surface area contributed by atoms with Crippen LogP contribution in [0.4, 0.5) is 5.69 Å². The maximum atomic E-state index is 13.2. The molecule has 1 amide bonds. The lowest BCUT2D eigenvalue weighted by molar-refractivity contribution is -0.122. The first-order valence-corrected chi connectivity index (χ1v) is 11.6. The number of aliphatic imine (C=N–C) groups is 1. The summed E-state index contributed by atoms with van der Waals surface area (Å²) in [5.74, 6) is 1.58. The molecule has 1 fully saturated rings. The smallest absolute Gasteiger partial charge is 0.267 e. The molecule has 33 heavy (non-hydrogen) atoms. The van der Waals surface area contributed by atoms with Crippen LogP contribution in [0.5, 0.6) is 0 Å². The van der Waals surface area contributed by atoms with Crippen LogP contribution in [-0.2, 0) is 11.3 Å². The highest BCUT2D eigenvalue weighted by Gasteiger charge is 2.34. The van der Waals surface area contributed by atoms with Crippen LogP contribution in [0.15, 0.2) is 97.8 Å². The van der Waals surface area contributed by atoms with Crippen LogP contribution in [-0.4, -0.2) is 16.0 Å². The van der Waals surface area contributed by atoms with Gasteiger partial charge in [-0.15, -0.1) is 0 Å². The molecule has 5 rings (SSSR count). The van der Waals surface area contributed by atoms with Crippen molar-refractivity contribution in [3.8, 4) is 11.3 Å². The lowest BCUT2D eigenvalue weighted by Gasteiger charge is -2.13. The Kier molecular flexibility index (Phi) is 6.13. The predicted molar refractivity (Wildman–Crippen MR) is 133 cm³/mol. The predicted octanol–water partition coefficient (Wildman–Crippen LogP) is 7.65. The SMILES string of the molecule is O=C1/C(=C\c2ccc(-c3cccc(Cl)c3Cl)o2)SC(=Nc2ccccc2)N1Cc1ccco1. The van der Waals surface area contributed by atoms with Gasteiger partial charge in [0.25, 0.3) is 5.91 Å². The van der Waals surface area contributed by atoms with Crippen LogP contribution in [0.3, 0.4) is 0 Å². The number of furan rings is 2. The average Bonchev–Trinajstić information content (AvgIpc) is 3.56. The summed E-state index contributed by atoms with van der Waals surface area (Å²) < 4.78 is 11.4. The fourth-order valence-corrected chi connectivity index (χ4v) is 4.67. The number of amides is 1. The van der Waals surface area contributed by atoms with Crippen molar-refractivity contribution < 1.29 is 13.6 Å². The zero-order valence-corrected chi connectivity index (χ0v) is 19.4. The molecular formula is C25H16Cl2N2O3S. The fourth-order valence-electron chi connectivity index (χ4n) is 3.30. The fraction of sp³-hybridized carbons (Fsp3) is 0.0400. The number of carbonyl (C=O) groups is 1. The monoisotopic (exact) mass is 494 g/mol. The summed E-state index contributed by atoms with van der Waals surface area (Å²) in [6.07, 6.45) is 3.29. The Balaban J connectivity index is 1.47. The van der Waals surface area contributed by atoms with Crippen LogP contribution < -0.4 is 0 Å². The molecule has 0 N–H and O–H groups in total. The van der Waals surface area contributed by atoms with Crippen LogP contribution in [0.1, 0.15) is 11.5 Å². The number of amidine groups is 1. The number of halogens is 2. The van der Waals surface area contributed by atoms with Gasteiger partial charge in [0, 0.05) is 11.6 Å². The summed E-state index contributed by atoms with van der Waals surface area (Å²) in [4.78, 5) is 20.0. The van der Waals surface area contributed by atoms with Gasteiger partial charge in [0.05, 0.1) is 33.4 Å². The summed E-state index contributed by atoms with van der Waals surface area (Å²) in [5, 5.41) is 1.43. The van der Waals surface area contributed by atoms with Gasteiger partial charge in [0.2, 0.25) is 0 Å². The molecule has 0 spiro atoms. The second-order valence-electron chi connectivity index (χ2n) is 7.11. The van der Waals surface area contributed by atoms with Gasteiger partial charge in [-0.25, -0.2) is 4.99 Å². The molecule has 1 saturated heterocycles. The molecule has 0 aliphatic carbocycles. The van der Waals surface area contributed by atoms with Gasteiger partial charge in [-0.2, -0.15) is 0 Å². The van der Waals surface area contributed by atoms with Crippen molar-refractivity contribution in [3.63, 3.8) is 0 Å². The van der Waals surface area contributed by atoms with Crippen LogP contribution >= 0.6 is 35.0 Å². The van der Waals surface area contributed by atoms with E-state index in [1.807, 2.05) is 42.5 Å². The minimum Gasteiger partial charge on any atom is -0.467 e. The Hall–Kier alpha value is -3.19. The van der Waals surface area contributed by atoms with E-state index in [0.29, 0.717) is 43.0 Å². The third-order valence-electron chi connectivity index (χ3n) is 4.88. The first kappa shape index (κ1) is 21.6. The van der Waals surface area contributed by atoms with Gasteiger partial charge in [-0.05, 0) is 60.3 Å². The lowest BCUT2D eigenvalue weighted by Crippen LogP contribution is -2.28. The van der Waals surface area contributed by atoms with Gasteiger partial charge < -0.3 is 8.83 Å². The maximum absolute atomic E-state index is 13.2. The molecular weight excluding hydrogens is 479 g/mol. The third kappa shape index (κ3) is 4.64. The highest BCUT2D eigenvalue weighted by atomic mass is 35.5. The van der Waals surface area contributed by atoms with Crippen molar-refractivity contribution >= 4 is 57.8 Å². The molecule has 0 bridgehead atoms. The van der Waals surface area contributed by atoms with Crippen molar-refractivity contribution in [2.24, 2.45) is 4.99 Å². The third-order valence-corrected chi connectivity index (χ3v) is 6.71. The first-order valence-electron chi connectivity index (χ1n) is 10.0. The average molecular weight is 495 g/mol. The normalized spacial score (nSPS) is 16.3. The molecule has 164 valence electrons. The van der Waals surface area contributed by atoms with Crippen LogP contribution in [0.2, 0.25) is 10.0 Å². The number of thioether (sulfide) groups is 1. The Morgan fingerprint density at radius 2 is 1.82 bits per heavy atom. The summed E-state index contributed by atoms with van der Waals surface area (Å²) in [6.45, 7) is 0.281. The minimum absolute atomic E-state index is 0.176. The molecule has 0 saturated carbocycles. The zero-order valence-electron chi connectivity index (χ0n) is 17.1. The molecule has 8 heteroatoms. The number of hydrogen-bond acceptors (Lipinski definition) is 5. The highest BCUT2D eigenvalue weighted by Crippen LogP contribution is 2.37. The van der Waals surface area contributed by atoms with E-state index in [9.17, 15) is 4.79 Å². The van der Waals surface area contributed by atoms with E-state index in [-0.39, 0.29) is 12.5 Å². The van der Waals surface area contributed by atoms with Gasteiger partial charge in [0.1, 0.15) is 17.3 Å². The van der Waals surface area contributed by atoms with Gasteiger partial charge in [-0.3, -0.25) is 9.69 Å². The summed E-state index contributed by atoms with van der Waals surface area (Å²) in [5.41, 5.74) is 1.44. The molecule has 2 aromatic heterocycles. The number of benzene rings is 2. The van der Waals surface area contributed by atoms with E-state index in [1.165, 1.54) is 11.8 Å². The number of hydrogen-bond donors (Lipinski definition) is 0. The van der Waals surface area contributed by atoms with Crippen LogP contribution in [0, 0.1) is 0 Å². The second kappa shape index (κ2) is 9.35. The summed E-state index contributed by atoms with van der Waals surface area (Å²) in [6, 6.07) is 22.1. The number of rotatable bonds is 5. The largest absolute Gasteiger partial charge is 0.467 e. The van der Waals surface area contributed by atoms with E-state index in [1.54, 1.807) is 47.6 Å². The van der Waals surface area contributed by atoms with E-state index >= 15 is 0 Å². The van der Waals surface area contributed by atoms with Crippen LogP contribution in [0.25, 0.3) is 17.4 Å². The molecule has 3 heterocycles. The summed E-state index contributed by atoms with van der Waals surface area (Å²) in [7, 11) is 0. The van der Waals surface area contributed by atoms with E-state index in [0.717, 1.165) is 5.69 Å². The van der Waals surface area contributed by atoms with Crippen molar-refractivity contribution in [1.82, 2.24) is 4.90 Å². The lowest BCUT2D eigenvalue weighted by atomic mass is 10.2. The molecule has 0 atom stereocenters. The highest BCUT2D eigenvalue weighted by molar-refractivity contribution is 8.18. The minimum atomic E-state index is -0.176. The van der Waals surface area contributed by atoms with Gasteiger partial charge in [-0.1, -0.05) is 47.5 Å². The second-order valence-corrected chi connectivity index (χ2v) is 8.91. The maximum Gasteiger partial charge on any atom is 0.267 e. The molecule has 2 aromatic carbocycles. The Morgan fingerprint density at radius 3 is 2.61 bits per heavy atom. The zero-order chi connectivity index (χ0) is 22.8. The number of para-hydroxylation sites is 1. The topological polar surface area (TPSA) is 59.0 Å². The molecule has 0 unspecified atom stereocenters. The van der Waals surface area contributed by atoms with Crippen molar-refractivity contribution in [2.45, 2.75) is 6.54 Å². The Morgan fingerprint density at radius 1 is 0.970 bits per heavy atom. The molecule has 4 aromatic rings. The van der Waals surface area contributed by atoms with Gasteiger partial charge >= 0.3 is 0 Å². The van der Waals surface area contributed by atoms with Crippen molar-refractivity contribution in [2.75, 3.05) is 0 Å². The quantitative estimate of drug-likeness (QED) is 0.267. The first-order chi connectivity index (χ1) is 16.1. The van der Waals surface area contributed by atoms with E-state index in [2.05, 4.69) is 4.99 Å². The number of nitrogens with zero attached hydrogens (tertiary/aromatic N) is 2. The summed E-state index contributed by atoms with van der Waals surface area (Å²) >= 11 is 13.7. The molecule has 5 nitrogen and oxygen atoms in total. The standard InChI is InChI=1S/C25H16Cl2N2O3S/c26-20-10-4-9-19(23(20)27)21-12-11-17(32-21)14-22-24(30)29(15-18-8-5-13-31-18)25(33-22)28-16-6-2-1-3-7-16/h1-14H,15H2/b22-14+,28-25?. The molecule has 1 aliphatic heterocycles. The van der Waals surface area contributed by atoms with E-state index in [4.69, 9.17) is 32.0 Å². The Bertz CT molecular complexity index is 1360. The molecule has 0 radical (unpaired) electrons. The number of carbonyl (C=O) groups excluding carboxylic acids is 1. The van der Waals surface area contributed by atoms with E-state index < -0.39 is 0 Å². The van der Waals surface area contributed by atoms with Crippen molar-refractivity contribution in [1.29, 1.82) is 0 Å². The van der Waals surface area contributed by atoms with Gasteiger partial charge in [0.15, 0.2) is 5.17 Å².